The lowest BCUT2D eigenvalue weighted by Gasteiger charge is -2.36. The maximum Gasteiger partial charge on any atom is 0.313 e. The number of nitrogens with zero attached hydrogens (tertiary/aromatic N) is 2. The number of rotatable bonds is 7. The number of amides is 2. The number of benzene rings is 2. The molecule has 0 saturated carbocycles. The summed E-state index contributed by atoms with van der Waals surface area (Å²) in [4.78, 5) is 29.6. The van der Waals surface area contributed by atoms with Crippen LogP contribution < -0.4 is 20.9 Å². The second kappa shape index (κ2) is 11.2. The summed E-state index contributed by atoms with van der Waals surface area (Å²) >= 11 is 0. The van der Waals surface area contributed by atoms with Crippen molar-refractivity contribution in [2.75, 3.05) is 62.7 Å². The Bertz CT molecular complexity index is 997. The van der Waals surface area contributed by atoms with Gasteiger partial charge in [0.2, 0.25) is 0 Å². The van der Waals surface area contributed by atoms with E-state index in [9.17, 15) is 9.59 Å². The Morgan fingerprint density at radius 1 is 0.971 bits per heavy atom. The molecule has 3 aliphatic heterocycles. The number of anilines is 2. The zero-order chi connectivity index (χ0) is 24.0. The molecule has 35 heavy (non-hydrogen) atoms. The lowest BCUT2D eigenvalue weighted by atomic mass is 10.0. The fraction of sp³-hybridized carbons (Fsp3) is 0.481. The first kappa shape index (κ1) is 23.8. The first-order valence-corrected chi connectivity index (χ1v) is 12.7. The number of hydrogen-bond acceptors (Lipinski definition) is 6. The van der Waals surface area contributed by atoms with Gasteiger partial charge in [-0.1, -0.05) is 36.4 Å². The summed E-state index contributed by atoms with van der Waals surface area (Å²) in [5.41, 5.74) is 3.08. The van der Waals surface area contributed by atoms with Gasteiger partial charge in [-0.25, -0.2) is 0 Å². The maximum atomic E-state index is 12.4. The van der Waals surface area contributed by atoms with Crippen molar-refractivity contribution in [2.24, 2.45) is 5.92 Å². The standard InChI is InChI=1S/C27H35N5O3/c33-26(28-17-23-15-21-18-35-19-25(21)29-23)27(34)30-22-7-4-8-24(16-22)32-13-11-31(12-14-32)10-9-20-5-2-1-3-6-20/h1-8,16,21,23,25,29H,9-15,17-19H2,(H,28,33)(H,30,34). The highest BCUT2D eigenvalue weighted by molar-refractivity contribution is 6.39. The molecule has 3 atom stereocenters. The molecular formula is C27H35N5O3. The zero-order valence-electron chi connectivity index (χ0n) is 20.1. The van der Waals surface area contributed by atoms with Gasteiger partial charge in [0.05, 0.1) is 13.2 Å². The van der Waals surface area contributed by atoms with Crippen molar-refractivity contribution >= 4 is 23.2 Å². The molecule has 0 aliphatic carbocycles. The number of carbonyl (C=O) groups excluding carboxylic acids is 2. The Labute approximate surface area is 207 Å². The summed E-state index contributed by atoms with van der Waals surface area (Å²) in [7, 11) is 0. The maximum absolute atomic E-state index is 12.4. The summed E-state index contributed by atoms with van der Waals surface area (Å²) in [6.45, 7) is 6.92. The van der Waals surface area contributed by atoms with Crippen LogP contribution in [0.25, 0.3) is 0 Å². The van der Waals surface area contributed by atoms with Gasteiger partial charge in [0.25, 0.3) is 0 Å². The highest BCUT2D eigenvalue weighted by Gasteiger charge is 2.37. The fourth-order valence-electron chi connectivity index (χ4n) is 5.32. The molecule has 5 rings (SSSR count). The van der Waals surface area contributed by atoms with E-state index >= 15 is 0 Å². The third kappa shape index (κ3) is 6.20. The van der Waals surface area contributed by atoms with Crippen LogP contribution in [-0.2, 0) is 20.7 Å². The molecule has 3 saturated heterocycles. The molecule has 0 bridgehead atoms. The van der Waals surface area contributed by atoms with Crippen LogP contribution in [-0.4, -0.2) is 81.3 Å². The minimum Gasteiger partial charge on any atom is -0.379 e. The van der Waals surface area contributed by atoms with Crippen LogP contribution in [0.1, 0.15) is 12.0 Å². The molecule has 8 heteroatoms. The molecule has 3 N–H and O–H groups in total. The van der Waals surface area contributed by atoms with E-state index in [1.165, 1.54) is 5.56 Å². The number of piperazine rings is 1. The second-order valence-corrected chi connectivity index (χ2v) is 9.78. The van der Waals surface area contributed by atoms with Gasteiger partial charge in [0.1, 0.15) is 0 Å². The molecule has 3 heterocycles. The lowest BCUT2D eigenvalue weighted by Crippen LogP contribution is -2.47. The van der Waals surface area contributed by atoms with Crippen molar-refractivity contribution in [2.45, 2.75) is 24.9 Å². The predicted octanol–water partition coefficient (Wildman–Crippen LogP) is 1.48. The average molecular weight is 478 g/mol. The van der Waals surface area contributed by atoms with Gasteiger partial charge in [0.15, 0.2) is 0 Å². The summed E-state index contributed by atoms with van der Waals surface area (Å²) in [5, 5.41) is 9.01. The molecule has 2 aromatic rings. The van der Waals surface area contributed by atoms with Gasteiger partial charge in [0, 0.05) is 68.6 Å². The average Bonchev–Trinajstić information content (AvgIpc) is 3.49. The molecular weight excluding hydrogens is 442 g/mol. The second-order valence-electron chi connectivity index (χ2n) is 9.78. The van der Waals surface area contributed by atoms with Crippen LogP contribution in [0.4, 0.5) is 11.4 Å². The molecule has 186 valence electrons. The Morgan fingerprint density at radius 3 is 2.60 bits per heavy atom. The quantitative estimate of drug-likeness (QED) is 0.524. The summed E-state index contributed by atoms with van der Waals surface area (Å²) < 4.78 is 5.46. The monoisotopic (exact) mass is 477 g/mol. The van der Waals surface area contributed by atoms with Gasteiger partial charge < -0.3 is 25.6 Å². The third-order valence-electron chi connectivity index (χ3n) is 7.35. The van der Waals surface area contributed by atoms with E-state index in [2.05, 4.69) is 62.1 Å². The Hall–Kier alpha value is -2.94. The van der Waals surface area contributed by atoms with Crippen LogP contribution in [0.3, 0.4) is 0 Å². The number of nitrogens with one attached hydrogen (secondary N) is 3. The smallest absolute Gasteiger partial charge is 0.313 e. The highest BCUT2D eigenvalue weighted by Crippen LogP contribution is 2.26. The van der Waals surface area contributed by atoms with E-state index in [0.717, 1.165) is 64.5 Å². The topological polar surface area (TPSA) is 85.9 Å². The number of hydrogen-bond donors (Lipinski definition) is 3. The minimum atomic E-state index is -0.630. The summed E-state index contributed by atoms with van der Waals surface area (Å²) in [6.07, 6.45) is 2.03. The van der Waals surface area contributed by atoms with Crippen molar-refractivity contribution in [3.05, 3.63) is 60.2 Å². The molecule has 8 nitrogen and oxygen atoms in total. The Kier molecular flexibility index (Phi) is 7.61. The van der Waals surface area contributed by atoms with Gasteiger partial charge in [-0.3, -0.25) is 14.5 Å². The van der Waals surface area contributed by atoms with Gasteiger partial charge in [-0.05, 0) is 36.6 Å². The van der Waals surface area contributed by atoms with E-state index in [1.54, 1.807) is 0 Å². The number of fused-ring (bicyclic) bond motifs is 1. The Balaban J connectivity index is 1.06. The van der Waals surface area contributed by atoms with Crippen molar-refractivity contribution in [1.82, 2.24) is 15.5 Å². The van der Waals surface area contributed by atoms with Crippen LogP contribution in [0.5, 0.6) is 0 Å². The van der Waals surface area contributed by atoms with E-state index in [-0.39, 0.29) is 6.04 Å². The zero-order valence-corrected chi connectivity index (χ0v) is 20.1. The van der Waals surface area contributed by atoms with Crippen LogP contribution >= 0.6 is 0 Å². The first-order chi connectivity index (χ1) is 17.1. The van der Waals surface area contributed by atoms with Crippen LogP contribution in [0.15, 0.2) is 54.6 Å². The van der Waals surface area contributed by atoms with Crippen molar-refractivity contribution in [1.29, 1.82) is 0 Å². The van der Waals surface area contributed by atoms with Crippen molar-refractivity contribution < 1.29 is 14.3 Å². The third-order valence-corrected chi connectivity index (χ3v) is 7.35. The Morgan fingerprint density at radius 2 is 1.80 bits per heavy atom. The number of carbonyl (C=O) groups is 2. The molecule has 3 fully saturated rings. The van der Waals surface area contributed by atoms with E-state index in [4.69, 9.17) is 4.74 Å². The molecule has 0 aromatic heterocycles. The van der Waals surface area contributed by atoms with Crippen LogP contribution in [0, 0.1) is 5.92 Å². The molecule has 0 spiro atoms. The predicted molar refractivity (Wildman–Crippen MR) is 137 cm³/mol. The van der Waals surface area contributed by atoms with E-state index in [1.807, 2.05) is 18.2 Å². The van der Waals surface area contributed by atoms with Crippen molar-refractivity contribution in [3.63, 3.8) is 0 Å². The highest BCUT2D eigenvalue weighted by atomic mass is 16.5. The fourth-order valence-corrected chi connectivity index (χ4v) is 5.32. The van der Waals surface area contributed by atoms with Gasteiger partial charge in [-0.15, -0.1) is 0 Å². The molecule has 3 aliphatic rings. The summed E-state index contributed by atoms with van der Waals surface area (Å²) in [6, 6.07) is 18.9. The normalized spacial score (nSPS) is 24.2. The molecule has 0 radical (unpaired) electrons. The molecule has 2 aromatic carbocycles. The summed E-state index contributed by atoms with van der Waals surface area (Å²) in [5.74, 6) is -0.717. The largest absolute Gasteiger partial charge is 0.379 e. The van der Waals surface area contributed by atoms with E-state index < -0.39 is 11.8 Å². The van der Waals surface area contributed by atoms with Crippen molar-refractivity contribution in [3.8, 4) is 0 Å². The van der Waals surface area contributed by atoms with Gasteiger partial charge >= 0.3 is 11.8 Å². The first-order valence-electron chi connectivity index (χ1n) is 12.7. The molecule has 3 unspecified atom stereocenters. The number of ether oxygens (including phenoxy) is 1. The van der Waals surface area contributed by atoms with Crippen LogP contribution in [0.2, 0.25) is 0 Å². The molecule has 2 amide bonds. The van der Waals surface area contributed by atoms with Gasteiger partial charge in [-0.2, -0.15) is 0 Å². The lowest BCUT2D eigenvalue weighted by molar-refractivity contribution is -0.136. The SMILES string of the molecule is O=C(NCC1CC2COCC2N1)C(=O)Nc1cccc(N2CCN(CCc3ccccc3)CC2)c1. The van der Waals surface area contributed by atoms with E-state index in [0.29, 0.717) is 24.2 Å². The minimum absolute atomic E-state index is 0.195.